The molecular weight excluding hydrogens is 324 g/mol. The molecule has 0 radical (unpaired) electrons. The van der Waals surface area contributed by atoms with Crippen molar-refractivity contribution in [1.29, 1.82) is 5.26 Å². The van der Waals surface area contributed by atoms with Gasteiger partial charge in [-0.25, -0.2) is 9.78 Å². The fourth-order valence-electron chi connectivity index (χ4n) is 2.33. The number of imidazole rings is 1. The van der Waals surface area contributed by atoms with Crippen molar-refractivity contribution in [3.05, 3.63) is 47.5 Å². The summed E-state index contributed by atoms with van der Waals surface area (Å²) in [4.78, 5) is 20.1. The van der Waals surface area contributed by atoms with E-state index in [1.165, 1.54) is 18.9 Å². The van der Waals surface area contributed by atoms with Crippen LogP contribution in [0.15, 0.2) is 41.3 Å². The highest BCUT2D eigenvalue weighted by atomic mass is 32.2. The predicted molar refractivity (Wildman–Crippen MR) is 93.7 cm³/mol. The number of aromatic nitrogens is 2. The number of carbonyl (C=O) groups excluding carboxylic acids is 1. The third kappa shape index (κ3) is 3.05. The van der Waals surface area contributed by atoms with Gasteiger partial charge in [0.2, 0.25) is 5.95 Å². The van der Waals surface area contributed by atoms with E-state index >= 15 is 0 Å². The molecule has 7 heteroatoms. The van der Waals surface area contributed by atoms with Gasteiger partial charge in [-0.15, -0.1) is 11.8 Å². The van der Waals surface area contributed by atoms with Crippen LogP contribution in [0, 0.1) is 11.3 Å². The van der Waals surface area contributed by atoms with Crippen LogP contribution < -0.4 is 5.32 Å². The molecule has 3 aromatic rings. The average molecular weight is 338 g/mol. The van der Waals surface area contributed by atoms with E-state index in [9.17, 15) is 10.1 Å². The van der Waals surface area contributed by atoms with Gasteiger partial charge in [-0.1, -0.05) is 6.07 Å². The van der Waals surface area contributed by atoms with Crippen LogP contribution in [0.5, 0.6) is 0 Å². The van der Waals surface area contributed by atoms with Crippen molar-refractivity contribution in [1.82, 2.24) is 9.97 Å². The van der Waals surface area contributed by atoms with E-state index < -0.39 is 5.97 Å². The number of H-pyrrole nitrogens is 1. The molecule has 1 heterocycles. The number of nitriles is 1. The number of hydrogen-bond donors (Lipinski definition) is 2. The van der Waals surface area contributed by atoms with E-state index in [4.69, 9.17) is 4.74 Å². The zero-order valence-corrected chi connectivity index (χ0v) is 13.9. The maximum absolute atomic E-state index is 11.6. The van der Waals surface area contributed by atoms with Crippen LogP contribution in [0.1, 0.15) is 15.9 Å². The summed E-state index contributed by atoms with van der Waals surface area (Å²) in [6, 6.07) is 12.8. The van der Waals surface area contributed by atoms with Crippen LogP contribution in [-0.4, -0.2) is 29.3 Å². The number of fused-ring (bicyclic) bond motifs is 1. The smallest absolute Gasteiger partial charge is 0.337 e. The first-order valence-electron chi connectivity index (χ1n) is 7.08. The number of nitrogens with zero attached hydrogens (tertiary/aromatic N) is 2. The quantitative estimate of drug-likeness (QED) is 0.557. The van der Waals surface area contributed by atoms with E-state index in [0.29, 0.717) is 28.3 Å². The molecule has 1 aromatic heterocycles. The molecule has 0 saturated heterocycles. The lowest BCUT2D eigenvalue weighted by molar-refractivity contribution is 0.0601. The molecule has 6 nitrogen and oxygen atoms in total. The zero-order chi connectivity index (χ0) is 17.1. The van der Waals surface area contributed by atoms with Gasteiger partial charge in [0.15, 0.2) is 0 Å². The summed E-state index contributed by atoms with van der Waals surface area (Å²) in [5.41, 5.74) is 3.30. The molecule has 0 saturated carbocycles. The first-order valence-corrected chi connectivity index (χ1v) is 8.30. The zero-order valence-electron chi connectivity index (χ0n) is 13.1. The highest BCUT2D eigenvalue weighted by Gasteiger charge is 2.10. The van der Waals surface area contributed by atoms with Gasteiger partial charge in [0.1, 0.15) is 6.07 Å². The van der Waals surface area contributed by atoms with Crippen LogP contribution in [0.25, 0.3) is 11.0 Å². The molecule has 0 bridgehead atoms. The Morgan fingerprint density at radius 1 is 1.38 bits per heavy atom. The Kier molecular flexibility index (Phi) is 4.40. The first-order chi connectivity index (χ1) is 11.6. The van der Waals surface area contributed by atoms with Gasteiger partial charge in [0.05, 0.1) is 29.3 Å². The topological polar surface area (TPSA) is 90.8 Å². The van der Waals surface area contributed by atoms with E-state index in [0.717, 1.165) is 10.4 Å². The number of esters is 1. The number of nitrogens with one attached hydrogen (secondary N) is 2. The van der Waals surface area contributed by atoms with Crippen molar-refractivity contribution in [2.24, 2.45) is 0 Å². The Balaban J connectivity index is 1.93. The minimum absolute atomic E-state index is 0.397. The Morgan fingerprint density at radius 3 is 2.92 bits per heavy atom. The number of aromatic amines is 1. The largest absolute Gasteiger partial charge is 0.465 e. The second kappa shape index (κ2) is 6.64. The molecule has 0 atom stereocenters. The fourth-order valence-corrected chi connectivity index (χ4v) is 2.89. The Bertz CT molecular complexity index is 959. The number of rotatable bonds is 4. The van der Waals surface area contributed by atoms with Gasteiger partial charge < -0.3 is 15.0 Å². The normalized spacial score (nSPS) is 10.4. The van der Waals surface area contributed by atoms with Crippen molar-refractivity contribution >= 4 is 40.4 Å². The molecular formula is C17H14N4O2S. The number of thioether (sulfide) groups is 1. The minimum atomic E-state index is -0.397. The molecule has 24 heavy (non-hydrogen) atoms. The molecule has 0 aliphatic carbocycles. The number of methoxy groups -OCH3 is 1. The molecule has 0 aliphatic rings. The van der Waals surface area contributed by atoms with Crippen LogP contribution in [0.4, 0.5) is 11.6 Å². The van der Waals surface area contributed by atoms with Crippen molar-refractivity contribution < 1.29 is 9.53 Å². The standard InChI is InChI=1S/C17H14N4O2S/c1-23-16(22)10-4-3-5-12(6-10)19-17-20-13-7-11(9-18)15(24-2)8-14(13)21-17/h3-8H,1-2H3,(H2,19,20,21). The van der Waals surface area contributed by atoms with Gasteiger partial charge in [0, 0.05) is 10.6 Å². The first kappa shape index (κ1) is 15.9. The van der Waals surface area contributed by atoms with Gasteiger partial charge >= 0.3 is 5.97 Å². The number of hydrogen-bond acceptors (Lipinski definition) is 6. The van der Waals surface area contributed by atoms with Crippen molar-refractivity contribution in [2.75, 3.05) is 18.7 Å². The van der Waals surface area contributed by atoms with Crippen LogP contribution in [0.2, 0.25) is 0 Å². The number of anilines is 2. The molecule has 0 unspecified atom stereocenters. The number of ether oxygens (including phenoxy) is 1. The van der Waals surface area contributed by atoms with Gasteiger partial charge in [-0.2, -0.15) is 5.26 Å². The number of carbonyl (C=O) groups is 1. The number of benzene rings is 2. The van der Waals surface area contributed by atoms with Crippen LogP contribution in [-0.2, 0) is 4.74 Å². The summed E-state index contributed by atoms with van der Waals surface area (Å²) in [5, 5.41) is 12.3. The highest BCUT2D eigenvalue weighted by molar-refractivity contribution is 7.98. The SMILES string of the molecule is COC(=O)c1cccc(Nc2nc3cc(C#N)c(SC)cc3[nH]2)c1. The molecule has 0 fully saturated rings. The van der Waals surface area contributed by atoms with Crippen LogP contribution >= 0.6 is 11.8 Å². The molecule has 2 aromatic carbocycles. The van der Waals surface area contributed by atoms with Crippen molar-refractivity contribution in [3.8, 4) is 6.07 Å². The summed E-state index contributed by atoms with van der Waals surface area (Å²) in [7, 11) is 1.35. The fraction of sp³-hybridized carbons (Fsp3) is 0.118. The lowest BCUT2D eigenvalue weighted by atomic mass is 10.2. The van der Waals surface area contributed by atoms with Gasteiger partial charge in [0.25, 0.3) is 0 Å². The van der Waals surface area contributed by atoms with E-state index in [1.54, 1.807) is 24.3 Å². The minimum Gasteiger partial charge on any atom is -0.465 e. The Labute approximate surface area is 142 Å². The van der Waals surface area contributed by atoms with Crippen molar-refractivity contribution in [3.63, 3.8) is 0 Å². The molecule has 120 valence electrons. The van der Waals surface area contributed by atoms with Crippen LogP contribution in [0.3, 0.4) is 0 Å². The second-order valence-corrected chi connectivity index (χ2v) is 5.81. The highest BCUT2D eigenvalue weighted by Crippen LogP contribution is 2.27. The van der Waals surface area contributed by atoms with Gasteiger partial charge in [-0.05, 0) is 36.6 Å². The maximum atomic E-state index is 11.6. The van der Waals surface area contributed by atoms with Gasteiger partial charge in [-0.3, -0.25) is 0 Å². The summed E-state index contributed by atoms with van der Waals surface area (Å²) in [5.74, 6) is 0.140. The summed E-state index contributed by atoms with van der Waals surface area (Å²) >= 11 is 1.51. The monoisotopic (exact) mass is 338 g/mol. The Hall–Kier alpha value is -2.98. The predicted octanol–water partition coefficient (Wildman–Crippen LogP) is 3.69. The summed E-state index contributed by atoms with van der Waals surface area (Å²) in [6.45, 7) is 0. The Morgan fingerprint density at radius 2 is 2.21 bits per heavy atom. The van der Waals surface area contributed by atoms with E-state index in [2.05, 4.69) is 21.4 Å². The lowest BCUT2D eigenvalue weighted by Gasteiger charge is -2.04. The molecule has 0 spiro atoms. The maximum Gasteiger partial charge on any atom is 0.337 e. The average Bonchev–Trinajstić information content (AvgIpc) is 3.00. The molecule has 3 rings (SSSR count). The second-order valence-electron chi connectivity index (χ2n) is 4.96. The third-order valence-corrected chi connectivity index (χ3v) is 4.25. The van der Waals surface area contributed by atoms with E-state index in [-0.39, 0.29) is 0 Å². The summed E-state index contributed by atoms with van der Waals surface area (Å²) < 4.78 is 4.72. The van der Waals surface area contributed by atoms with E-state index in [1.807, 2.05) is 18.4 Å². The molecule has 2 N–H and O–H groups in total. The third-order valence-electron chi connectivity index (χ3n) is 3.47. The van der Waals surface area contributed by atoms with Crippen molar-refractivity contribution in [2.45, 2.75) is 4.90 Å². The molecule has 0 amide bonds. The molecule has 0 aliphatic heterocycles. The summed E-state index contributed by atoms with van der Waals surface area (Å²) in [6.07, 6.45) is 1.93. The lowest BCUT2D eigenvalue weighted by Crippen LogP contribution is -2.02.